The van der Waals surface area contributed by atoms with Crippen LogP contribution in [0.5, 0.6) is 0 Å². The number of alkyl carbamates (subject to hydrolysis) is 1. The number of nitrogens with zero attached hydrogens (tertiary/aromatic N) is 5. The van der Waals surface area contributed by atoms with Crippen LogP contribution in [-0.4, -0.2) is 93.4 Å². The van der Waals surface area contributed by atoms with Gasteiger partial charge < -0.3 is 34.7 Å². The number of aryl methyl sites for hydroxylation is 2. The second-order valence-corrected chi connectivity index (χ2v) is 16.0. The number of rotatable bonds is 14. The quantitative estimate of drug-likeness (QED) is 0.0459. The lowest BCUT2D eigenvalue weighted by atomic mass is 10.00. The van der Waals surface area contributed by atoms with E-state index >= 15 is 0 Å². The molecule has 4 atom stereocenters. The van der Waals surface area contributed by atoms with Crippen LogP contribution in [0.1, 0.15) is 88.2 Å². The van der Waals surface area contributed by atoms with Gasteiger partial charge in [0.2, 0.25) is 18.2 Å². The van der Waals surface area contributed by atoms with Gasteiger partial charge in [0.15, 0.2) is 0 Å². The van der Waals surface area contributed by atoms with Crippen molar-refractivity contribution in [3.63, 3.8) is 0 Å². The number of methoxy groups -OCH3 is 1. The molecule has 3 amide bonds. The van der Waals surface area contributed by atoms with E-state index in [0.717, 1.165) is 83.4 Å². The van der Waals surface area contributed by atoms with Crippen molar-refractivity contribution in [1.29, 1.82) is 0 Å². The number of amides is 3. The third kappa shape index (κ3) is 8.71. The van der Waals surface area contributed by atoms with Gasteiger partial charge in [-0.3, -0.25) is 9.59 Å². The van der Waals surface area contributed by atoms with Crippen molar-refractivity contribution in [2.75, 3.05) is 27.3 Å². The van der Waals surface area contributed by atoms with Crippen LogP contribution in [0.25, 0.3) is 33.2 Å². The van der Waals surface area contributed by atoms with Crippen LogP contribution in [0.4, 0.5) is 4.79 Å². The normalized spacial score (nSPS) is 18.2. The number of fused-ring (bicyclic) bond motifs is 2. The van der Waals surface area contributed by atoms with Crippen molar-refractivity contribution in [3.05, 3.63) is 83.4 Å². The fraction of sp³-hybridized carbons (Fsp3) is 0.455. The molecule has 14 nitrogen and oxygen atoms in total. The van der Waals surface area contributed by atoms with Gasteiger partial charge in [-0.1, -0.05) is 64.1 Å². The van der Waals surface area contributed by atoms with E-state index in [4.69, 9.17) is 19.6 Å². The summed E-state index contributed by atoms with van der Waals surface area (Å²) in [5, 5.41) is 2.71. The van der Waals surface area contributed by atoms with Gasteiger partial charge in [-0.2, -0.15) is 4.89 Å². The van der Waals surface area contributed by atoms with Crippen molar-refractivity contribution >= 4 is 46.4 Å². The number of likely N-dealkylation sites (tertiary alicyclic amines) is 2. The van der Waals surface area contributed by atoms with Crippen molar-refractivity contribution < 1.29 is 28.9 Å². The van der Waals surface area contributed by atoms with Gasteiger partial charge >= 0.3 is 6.09 Å². The number of carbonyl (C=O) groups is 3. The number of imidazole rings is 2. The first-order valence-electron chi connectivity index (χ1n) is 20.3. The number of benzene rings is 3. The lowest BCUT2D eigenvalue weighted by Gasteiger charge is -2.29. The number of carbonyl (C=O) groups excluding carboxylic acids is 3. The Morgan fingerprint density at radius 1 is 0.776 bits per heavy atom. The Balaban J connectivity index is 0.989. The summed E-state index contributed by atoms with van der Waals surface area (Å²) in [5.41, 5.74) is 8.21. The molecule has 0 bridgehead atoms. The highest BCUT2D eigenvalue weighted by atomic mass is 17.2. The molecule has 14 heteroatoms. The topological polar surface area (TPSA) is 167 Å². The van der Waals surface area contributed by atoms with Crippen LogP contribution < -0.4 is 5.32 Å². The summed E-state index contributed by atoms with van der Waals surface area (Å²) in [5.74, 6) is 1.29. The van der Waals surface area contributed by atoms with Gasteiger partial charge in [-0.15, -0.1) is 0 Å². The molecule has 2 aliphatic rings. The van der Waals surface area contributed by atoms with E-state index in [1.807, 2.05) is 37.5 Å². The first-order chi connectivity index (χ1) is 28.0. The number of ether oxygens (including phenoxy) is 1. The number of nitrogens with one attached hydrogen (secondary N) is 3. The first kappa shape index (κ1) is 40.4. The molecule has 58 heavy (non-hydrogen) atoms. The van der Waals surface area contributed by atoms with Crippen LogP contribution in [0.3, 0.4) is 0 Å². The van der Waals surface area contributed by atoms with Crippen molar-refractivity contribution in [3.8, 4) is 11.1 Å². The summed E-state index contributed by atoms with van der Waals surface area (Å²) in [6.07, 6.45) is 5.70. The average Bonchev–Trinajstić information content (AvgIpc) is 4.05. The highest BCUT2D eigenvalue weighted by Gasteiger charge is 2.38. The molecule has 0 aliphatic carbocycles. The third-order valence-corrected chi connectivity index (χ3v) is 11.4. The minimum atomic E-state index is -0.674. The van der Waals surface area contributed by atoms with Crippen LogP contribution in [-0.2, 0) is 36.9 Å². The van der Waals surface area contributed by atoms with Gasteiger partial charge in [-0.05, 0) is 96.9 Å². The minimum absolute atomic E-state index is 0.00610. The monoisotopic (exact) mass is 790 g/mol. The highest BCUT2D eigenvalue weighted by molar-refractivity contribution is 5.87. The van der Waals surface area contributed by atoms with Gasteiger partial charge in [0.25, 0.3) is 0 Å². The van der Waals surface area contributed by atoms with Crippen LogP contribution in [0.2, 0.25) is 0 Å². The largest absolute Gasteiger partial charge is 0.453 e. The summed E-state index contributed by atoms with van der Waals surface area (Å²) in [7, 11) is 2.70. The summed E-state index contributed by atoms with van der Waals surface area (Å²) in [4.78, 5) is 73.5. The van der Waals surface area contributed by atoms with Crippen molar-refractivity contribution in [2.45, 2.75) is 90.4 Å². The molecule has 306 valence electrons. The lowest BCUT2D eigenvalue weighted by Crippen LogP contribution is -2.51. The zero-order valence-corrected chi connectivity index (χ0v) is 34.2. The van der Waals surface area contributed by atoms with Crippen LogP contribution in [0.15, 0.2) is 65.7 Å². The summed E-state index contributed by atoms with van der Waals surface area (Å²) in [6, 6.07) is 19.7. The average molecular weight is 791 g/mol. The summed E-state index contributed by atoms with van der Waals surface area (Å²) < 4.78 is 4.77. The van der Waals surface area contributed by atoms with E-state index in [-0.39, 0.29) is 35.7 Å². The van der Waals surface area contributed by atoms with E-state index < -0.39 is 18.2 Å². The molecule has 2 saturated heterocycles. The van der Waals surface area contributed by atoms with E-state index in [2.05, 4.69) is 85.8 Å². The third-order valence-electron chi connectivity index (χ3n) is 11.4. The molecule has 4 heterocycles. The molecule has 3 N–H and O–H groups in total. The van der Waals surface area contributed by atoms with Crippen LogP contribution in [0, 0.1) is 11.8 Å². The first-order valence-corrected chi connectivity index (χ1v) is 20.3. The number of H-pyrrole nitrogens is 2. The molecular formula is C44H54N8O6. The van der Waals surface area contributed by atoms with E-state index in [0.29, 0.717) is 13.1 Å². The van der Waals surface area contributed by atoms with E-state index in [1.54, 1.807) is 0 Å². The predicted molar refractivity (Wildman–Crippen MR) is 222 cm³/mol. The molecule has 2 fully saturated rings. The smallest absolute Gasteiger partial charge is 0.407 e. The number of aromatic amines is 2. The molecular weight excluding hydrogens is 737 g/mol. The van der Waals surface area contributed by atoms with Crippen LogP contribution >= 0.6 is 0 Å². The Labute approximate surface area is 338 Å². The maximum Gasteiger partial charge on any atom is 0.407 e. The van der Waals surface area contributed by atoms with Gasteiger partial charge in [0.05, 0.1) is 48.4 Å². The van der Waals surface area contributed by atoms with Gasteiger partial charge in [-0.25, -0.2) is 19.8 Å². The Morgan fingerprint density at radius 2 is 1.34 bits per heavy atom. The maximum absolute atomic E-state index is 13.6. The molecule has 7 rings (SSSR count). The number of aromatic nitrogens is 4. The molecule has 2 aromatic heterocycles. The second-order valence-electron chi connectivity index (χ2n) is 16.0. The number of hydrogen-bond donors (Lipinski definition) is 3. The Hall–Kier alpha value is -5.76. The van der Waals surface area contributed by atoms with Crippen molar-refractivity contribution in [2.24, 2.45) is 16.8 Å². The zero-order chi connectivity index (χ0) is 40.9. The zero-order valence-electron chi connectivity index (χ0n) is 34.2. The van der Waals surface area contributed by atoms with Gasteiger partial charge in [0.1, 0.15) is 23.7 Å². The molecule has 2 aliphatic heterocycles. The molecule has 0 saturated carbocycles. The van der Waals surface area contributed by atoms with Crippen molar-refractivity contribution in [1.82, 2.24) is 35.1 Å². The molecule has 0 spiro atoms. The maximum atomic E-state index is 13.6. The second kappa shape index (κ2) is 17.8. The SMILES string of the molecule is COO/C=N\[C@H](C(=O)N1CCC[C@H]1c1nc2cc(-c3ccc(CCc4ccc5[nH]c([C@@H]6CCCN6C(=O)[C@@H](NC(=O)OC)C(C)C)nc5c4)cc3)ccc2[nH]1)C(C)C. The van der Waals surface area contributed by atoms with E-state index in [9.17, 15) is 14.4 Å². The minimum Gasteiger partial charge on any atom is -0.453 e. The summed E-state index contributed by atoms with van der Waals surface area (Å²) in [6.45, 7) is 9.04. The van der Waals surface area contributed by atoms with Gasteiger partial charge in [0, 0.05) is 13.1 Å². The Bertz CT molecular complexity index is 2260. The standard InChI is InChI=1S/C44H54N8O6/c1-26(2)38(45-25-58-57-6)42(53)51-21-7-9-36(51)41-47-33-20-18-31(24-35(33)49-41)30-16-13-28(14-17-30)11-12-29-15-19-32-34(23-29)48-40(46-32)37-10-8-22-52(37)43(54)39(27(3)4)50-44(55)56-5/h13-20,23-27,36-39H,7-12,21-22H2,1-6H3,(H,46,48)(H,47,49)(H,50,55)/b45-25-/t36-,37-,38-,39-/m0/s1. The molecule has 0 radical (unpaired) electrons. The molecule has 5 aromatic rings. The Kier molecular flexibility index (Phi) is 12.4. The summed E-state index contributed by atoms with van der Waals surface area (Å²) >= 11 is 0. The number of aliphatic imine (C=N–C) groups is 1. The number of hydrogen-bond acceptors (Lipinski definition) is 9. The predicted octanol–water partition coefficient (Wildman–Crippen LogP) is 7.23. The Morgan fingerprint density at radius 3 is 1.95 bits per heavy atom. The lowest BCUT2D eigenvalue weighted by molar-refractivity contribution is -0.188. The highest BCUT2D eigenvalue weighted by Crippen LogP contribution is 2.35. The van der Waals surface area contributed by atoms with E-state index in [1.165, 1.54) is 31.7 Å². The fourth-order valence-electron chi connectivity index (χ4n) is 8.23. The molecule has 0 unspecified atom stereocenters. The molecule has 3 aromatic carbocycles. The fourth-order valence-corrected chi connectivity index (χ4v) is 8.23.